The molecule has 76 valence electrons. The molecule has 0 aliphatic heterocycles. The number of benzene rings is 1. The number of nitrogen functional groups attached to an aromatic ring is 1. The molecule has 0 saturated carbocycles. The molecule has 0 spiro atoms. The average molecular weight is 192 g/mol. The number of rotatable bonds is 5. The minimum atomic E-state index is 0.0958. The first-order valence-electron chi connectivity index (χ1n) is 4.62. The molecule has 4 nitrogen and oxygen atoms in total. The lowest BCUT2D eigenvalue weighted by Gasteiger charge is -2.05. The van der Waals surface area contributed by atoms with Gasteiger partial charge in [0, 0.05) is 17.8 Å². The maximum absolute atomic E-state index is 7.21. The highest BCUT2D eigenvalue weighted by Crippen LogP contribution is 2.08. The molecule has 0 fully saturated rings. The summed E-state index contributed by atoms with van der Waals surface area (Å²) >= 11 is 0. The smallest absolute Gasteiger partial charge is 0.122 e. The van der Waals surface area contributed by atoms with Crippen LogP contribution in [-0.4, -0.2) is 18.9 Å². The van der Waals surface area contributed by atoms with E-state index >= 15 is 0 Å². The molecule has 0 unspecified atom stereocenters. The molecule has 0 amide bonds. The van der Waals surface area contributed by atoms with Crippen LogP contribution >= 0.6 is 0 Å². The predicted molar refractivity (Wildman–Crippen MR) is 59.6 cm³/mol. The van der Waals surface area contributed by atoms with Crippen molar-refractivity contribution in [3.05, 3.63) is 29.8 Å². The van der Waals surface area contributed by atoms with E-state index in [2.05, 4.69) is 5.32 Å². The molecule has 1 aromatic carbocycles. The Labute approximate surface area is 83.8 Å². The van der Waals surface area contributed by atoms with Crippen LogP contribution in [-0.2, 0) is 0 Å². The highest BCUT2D eigenvalue weighted by atomic mass is 14.9. The van der Waals surface area contributed by atoms with Crippen LogP contribution in [0.4, 0.5) is 5.69 Å². The number of hydrogen-bond donors (Lipinski definition) is 4. The van der Waals surface area contributed by atoms with Crippen molar-refractivity contribution in [1.82, 2.24) is 0 Å². The van der Waals surface area contributed by atoms with E-state index in [1.54, 1.807) is 0 Å². The molecule has 0 atom stereocenters. The molecule has 0 bridgehead atoms. The van der Waals surface area contributed by atoms with Gasteiger partial charge in [-0.05, 0) is 37.2 Å². The second kappa shape index (κ2) is 5.24. The molecule has 0 aliphatic carbocycles. The second-order valence-corrected chi connectivity index (χ2v) is 3.06. The zero-order chi connectivity index (χ0) is 10.4. The molecule has 0 heterocycles. The summed E-state index contributed by atoms with van der Waals surface area (Å²) in [6, 6.07) is 7.47. The third kappa shape index (κ3) is 3.06. The van der Waals surface area contributed by atoms with E-state index in [-0.39, 0.29) is 5.84 Å². The van der Waals surface area contributed by atoms with Crippen LogP contribution in [0.2, 0.25) is 0 Å². The van der Waals surface area contributed by atoms with Crippen LogP contribution in [0.3, 0.4) is 0 Å². The first kappa shape index (κ1) is 10.5. The third-order valence-corrected chi connectivity index (χ3v) is 1.91. The molecule has 0 radical (unpaired) electrons. The third-order valence-electron chi connectivity index (χ3n) is 1.91. The number of nitrogens with one attached hydrogen (secondary N) is 2. The highest BCUT2D eigenvalue weighted by Gasteiger charge is 1.95. The van der Waals surface area contributed by atoms with Crippen molar-refractivity contribution >= 4 is 11.5 Å². The van der Waals surface area contributed by atoms with Crippen LogP contribution in [0.1, 0.15) is 12.0 Å². The molecular formula is C10H16N4. The van der Waals surface area contributed by atoms with E-state index in [9.17, 15) is 0 Å². The average Bonchev–Trinajstić information content (AvgIpc) is 2.19. The van der Waals surface area contributed by atoms with Gasteiger partial charge in [0.05, 0.1) is 0 Å². The summed E-state index contributed by atoms with van der Waals surface area (Å²) in [5, 5.41) is 10.4. The quantitative estimate of drug-likeness (QED) is 0.315. The van der Waals surface area contributed by atoms with Crippen LogP contribution in [0.25, 0.3) is 0 Å². The zero-order valence-electron chi connectivity index (χ0n) is 8.09. The lowest BCUT2D eigenvalue weighted by Crippen LogP contribution is -2.11. The fourth-order valence-electron chi connectivity index (χ4n) is 1.10. The summed E-state index contributed by atoms with van der Waals surface area (Å²) in [6.45, 7) is 1.56. The molecular weight excluding hydrogens is 176 g/mol. The maximum Gasteiger partial charge on any atom is 0.122 e. The van der Waals surface area contributed by atoms with Gasteiger partial charge in [-0.25, -0.2) is 0 Å². The van der Waals surface area contributed by atoms with Gasteiger partial charge in [0.15, 0.2) is 0 Å². The SMILES string of the molecule is N=C(N)c1ccc(NCCCN)cc1. The summed E-state index contributed by atoms with van der Waals surface area (Å²) in [7, 11) is 0. The van der Waals surface area contributed by atoms with Crippen molar-refractivity contribution in [2.75, 3.05) is 18.4 Å². The van der Waals surface area contributed by atoms with Crippen molar-refractivity contribution < 1.29 is 0 Å². The minimum absolute atomic E-state index is 0.0958. The van der Waals surface area contributed by atoms with Gasteiger partial charge in [0.1, 0.15) is 5.84 Å². The Hall–Kier alpha value is -1.55. The zero-order valence-corrected chi connectivity index (χ0v) is 8.09. The molecule has 0 aromatic heterocycles. The highest BCUT2D eigenvalue weighted by molar-refractivity contribution is 5.95. The number of nitrogens with two attached hydrogens (primary N) is 2. The van der Waals surface area contributed by atoms with Crippen molar-refractivity contribution in [3.8, 4) is 0 Å². The fourth-order valence-corrected chi connectivity index (χ4v) is 1.10. The summed E-state index contributed by atoms with van der Waals surface area (Å²) in [5.74, 6) is 0.0958. The van der Waals surface area contributed by atoms with Gasteiger partial charge in [-0.3, -0.25) is 5.41 Å². The summed E-state index contributed by atoms with van der Waals surface area (Å²) in [6.07, 6.45) is 0.953. The van der Waals surface area contributed by atoms with Crippen LogP contribution in [0.15, 0.2) is 24.3 Å². The van der Waals surface area contributed by atoms with Gasteiger partial charge >= 0.3 is 0 Å². The molecule has 1 aromatic rings. The van der Waals surface area contributed by atoms with Crippen LogP contribution < -0.4 is 16.8 Å². The Morgan fingerprint density at radius 3 is 2.43 bits per heavy atom. The minimum Gasteiger partial charge on any atom is -0.385 e. The standard InChI is InChI=1S/C10H16N4/c11-6-1-7-14-9-4-2-8(3-5-9)10(12)13/h2-5,14H,1,6-7,11H2,(H3,12,13). The number of amidine groups is 1. The normalized spacial score (nSPS) is 9.79. The van der Waals surface area contributed by atoms with E-state index in [0.717, 1.165) is 24.2 Å². The summed E-state index contributed by atoms with van der Waals surface area (Å²) < 4.78 is 0. The topological polar surface area (TPSA) is 87.9 Å². The van der Waals surface area contributed by atoms with E-state index in [1.807, 2.05) is 24.3 Å². The molecule has 14 heavy (non-hydrogen) atoms. The molecule has 0 saturated heterocycles. The van der Waals surface area contributed by atoms with Gasteiger partial charge in [-0.15, -0.1) is 0 Å². The van der Waals surface area contributed by atoms with Crippen molar-refractivity contribution in [1.29, 1.82) is 5.41 Å². The Morgan fingerprint density at radius 1 is 1.29 bits per heavy atom. The molecule has 4 heteroatoms. The number of anilines is 1. The lowest BCUT2D eigenvalue weighted by molar-refractivity contribution is 0.874. The first-order chi connectivity index (χ1) is 6.74. The fraction of sp³-hybridized carbons (Fsp3) is 0.300. The summed E-state index contributed by atoms with van der Waals surface area (Å²) in [5.41, 5.74) is 12.5. The van der Waals surface area contributed by atoms with E-state index in [0.29, 0.717) is 6.54 Å². The van der Waals surface area contributed by atoms with Gasteiger partial charge in [0.2, 0.25) is 0 Å². The predicted octanol–water partition coefficient (Wildman–Crippen LogP) is 0.731. The Bertz CT molecular complexity index is 291. The van der Waals surface area contributed by atoms with Gasteiger partial charge in [-0.1, -0.05) is 0 Å². The van der Waals surface area contributed by atoms with Gasteiger partial charge < -0.3 is 16.8 Å². The van der Waals surface area contributed by atoms with Crippen LogP contribution in [0, 0.1) is 5.41 Å². The molecule has 0 aliphatic rings. The Kier molecular flexibility index (Phi) is 3.94. The number of hydrogen-bond acceptors (Lipinski definition) is 3. The van der Waals surface area contributed by atoms with Gasteiger partial charge in [-0.2, -0.15) is 0 Å². The first-order valence-corrected chi connectivity index (χ1v) is 4.62. The van der Waals surface area contributed by atoms with E-state index in [1.165, 1.54) is 0 Å². The van der Waals surface area contributed by atoms with Crippen molar-refractivity contribution in [2.45, 2.75) is 6.42 Å². The summed E-state index contributed by atoms with van der Waals surface area (Å²) in [4.78, 5) is 0. The second-order valence-electron chi connectivity index (χ2n) is 3.06. The van der Waals surface area contributed by atoms with E-state index in [4.69, 9.17) is 16.9 Å². The maximum atomic E-state index is 7.21. The lowest BCUT2D eigenvalue weighted by atomic mass is 10.2. The monoisotopic (exact) mass is 192 g/mol. The Balaban J connectivity index is 2.51. The van der Waals surface area contributed by atoms with E-state index < -0.39 is 0 Å². The Morgan fingerprint density at radius 2 is 1.93 bits per heavy atom. The largest absolute Gasteiger partial charge is 0.385 e. The molecule has 1 rings (SSSR count). The van der Waals surface area contributed by atoms with Crippen molar-refractivity contribution in [2.24, 2.45) is 11.5 Å². The molecule has 6 N–H and O–H groups in total. The van der Waals surface area contributed by atoms with Crippen LogP contribution in [0.5, 0.6) is 0 Å². The van der Waals surface area contributed by atoms with Crippen molar-refractivity contribution in [3.63, 3.8) is 0 Å². The van der Waals surface area contributed by atoms with Gasteiger partial charge in [0.25, 0.3) is 0 Å².